The van der Waals surface area contributed by atoms with Crippen LogP contribution >= 0.6 is 0 Å². The molecular formula is C11H11F3O3. The number of carboxylic acids is 1. The third-order valence-corrected chi connectivity index (χ3v) is 2.00. The smallest absolute Gasteiger partial charge is 0.391 e. The highest BCUT2D eigenvalue weighted by atomic mass is 19.4. The molecule has 3 nitrogen and oxygen atoms in total. The van der Waals surface area contributed by atoms with Crippen molar-refractivity contribution < 1.29 is 27.8 Å². The first-order chi connectivity index (χ1) is 7.90. The Hall–Kier alpha value is -1.56. The van der Waals surface area contributed by atoms with E-state index in [-0.39, 0.29) is 0 Å². The van der Waals surface area contributed by atoms with E-state index in [9.17, 15) is 18.0 Å². The zero-order valence-corrected chi connectivity index (χ0v) is 8.78. The van der Waals surface area contributed by atoms with E-state index in [1.807, 2.05) is 0 Å². The summed E-state index contributed by atoms with van der Waals surface area (Å²) in [5.41, 5.74) is 0.321. The molecule has 0 fully saturated rings. The highest BCUT2D eigenvalue weighted by Gasteiger charge is 2.28. The summed E-state index contributed by atoms with van der Waals surface area (Å²) in [5.74, 6) is -1.31. The Morgan fingerprint density at radius 2 is 1.88 bits per heavy atom. The summed E-state index contributed by atoms with van der Waals surface area (Å²) >= 11 is 0. The molecule has 0 aliphatic rings. The van der Waals surface area contributed by atoms with Crippen LogP contribution in [0.15, 0.2) is 30.3 Å². The molecule has 0 heterocycles. The number of rotatable bonds is 5. The number of hydrogen-bond acceptors (Lipinski definition) is 2. The van der Waals surface area contributed by atoms with Crippen molar-refractivity contribution in [3.05, 3.63) is 35.9 Å². The molecule has 17 heavy (non-hydrogen) atoms. The number of carbonyl (C=O) groups is 1. The van der Waals surface area contributed by atoms with Crippen molar-refractivity contribution in [2.24, 2.45) is 0 Å². The molecule has 1 aromatic carbocycles. The maximum Gasteiger partial charge on any atom is 0.391 e. The van der Waals surface area contributed by atoms with E-state index in [0.717, 1.165) is 0 Å². The van der Waals surface area contributed by atoms with E-state index in [1.54, 1.807) is 18.2 Å². The summed E-state index contributed by atoms with van der Waals surface area (Å²) in [4.78, 5) is 10.8. The third-order valence-electron chi connectivity index (χ3n) is 2.00. The maximum atomic E-state index is 11.9. The van der Waals surface area contributed by atoms with Crippen molar-refractivity contribution in [3.8, 4) is 0 Å². The van der Waals surface area contributed by atoms with E-state index < -0.39 is 31.3 Å². The largest absolute Gasteiger partial charge is 0.479 e. The molecule has 6 heteroatoms. The van der Waals surface area contributed by atoms with Gasteiger partial charge in [-0.2, -0.15) is 13.2 Å². The van der Waals surface area contributed by atoms with Crippen molar-refractivity contribution in [3.63, 3.8) is 0 Å². The zero-order valence-electron chi connectivity index (χ0n) is 8.78. The molecule has 0 saturated heterocycles. The molecule has 1 rings (SSSR count). The fourth-order valence-corrected chi connectivity index (χ4v) is 1.23. The van der Waals surface area contributed by atoms with Gasteiger partial charge in [0.05, 0.1) is 13.0 Å². The van der Waals surface area contributed by atoms with Gasteiger partial charge >= 0.3 is 12.1 Å². The second-order valence-electron chi connectivity index (χ2n) is 3.36. The summed E-state index contributed by atoms with van der Waals surface area (Å²) < 4.78 is 40.4. The van der Waals surface area contributed by atoms with E-state index in [2.05, 4.69) is 0 Å². The van der Waals surface area contributed by atoms with Gasteiger partial charge in [-0.1, -0.05) is 30.3 Å². The predicted molar refractivity (Wildman–Crippen MR) is 53.4 cm³/mol. The monoisotopic (exact) mass is 248 g/mol. The lowest BCUT2D eigenvalue weighted by Gasteiger charge is -2.14. The molecule has 0 amide bonds. The van der Waals surface area contributed by atoms with Crippen LogP contribution in [0.2, 0.25) is 0 Å². The quantitative estimate of drug-likeness (QED) is 0.871. The summed E-state index contributed by atoms with van der Waals surface area (Å²) in [5, 5.41) is 8.85. The third kappa shape index (κ3) is 4.86. The van der Waals surface area contributed by atoms with Gasteiger partial charge in [0.25, 0.3) is 0 Å². The lowest BCUT2D eigenvalue weighted by atomic mass is 10.1. The fourth-order valence-electron chi connectivity index (χ4n) is 1.23. The lowest BCUT2D eigenvalue weighted by Crippen LogP contribution is -2.19. The number of hydrogen-bond donors (Lipinski definition) is 1. The number of halogens is 3. The van der Waals surface area contributed by atoms with Crippen LogP contribution in [0.25, 0.3) is 0 Å². The summed E-state index contributed by atoms with van der Waals surface area (Å²) in [6.07, 6.45) is -6.87. The second kappa shape index (κ2) is 5.67. The maximum absolute atomic E-state index is 11.9. The molecule has 0 bridgehead atoms. The van der Waals surface area contributed by atoms with E-state index in [0.29, 0.717) is 5.56 Å². The highest BCUT2D eigenvalue weighted by molar-refractivity contribution is 5.74. The minimum Gasteiger partial charge on any atom is -0.479 e. The van der Waals surface area contributed by atoms with Crippen LogP contribution in [0.5, 0.6) is 0 Å². The lowest BCUT2D eigenvalue weighted by molar-refractivity contribution is -0.164. The summed E-state index contributed by atoms with van der Waals surface area (Å²) in [6, 6.07) is 7.85. The van der Waals surface area contributed by atoms with Gasteiger partial charge in [0, 0.05) is 0 Å². The highest BCUT2D eigenvalue weighted by Crippen LogP contribution is 2.22. The Bertz CT molecular complexity index is 362. The van der Waals surface area contributed by atoms with Gasteiger partial charge in [0.2, 0.25) is 0 Å². The van der Waals surface area contributed by atoms with Crippen molar-refractivity contribution in [2.45, 2.75) is 18.7 Å². The number of carboxylic acid groups (broad SMARTS) is 1. The number of alkyl halides is 3. The van der Waals surface area contributed by atoms with Gasteiger partial charge in [-0.05, 0) is 5.56 Å². The fraction of sp³-hybridized carbons (Fsp3) is 0.364. The SMILES string of the molecule is O=C(O)C(OCCC(F)(F)F)c1ccccc1. The molecule has 0 aromatic heterocycles. The molecular weight excluding hydrogens is 237 g/mol. The Kier molecular flexibility index (Phi) is 4.51. The van der Waals surface area contributed by atoms with Gasteiger partial charge in [-0.25, -0.2) is 4.79 Å². The average Bonchev–Trinajstić information content (AvgIpc) is 2.23. The first-order valence-corrected chi connectivity index (χ1v) is 4.86. The van der Waals surface area contributed by atoms with Crippen LogP contribution < -0.4 is 0 Å². The first kappa shape index (κ1) is 13.5. The van der Waals surface area contributed by atoms with Crippen LogP contribution in [0, 0.1) is 0 Å². The van der Waals surface area contributed by atoms with E-state index >= 15 is 0 Å². The number of aliphatic carboxylic acids is 1. The topological polar surface area (TPSA) is 46.5 Å². The van der Waals surface area contributed by atoms with Crippen molar-refractivity contribution in [1.29, 1.82) is 0 Å². The first-order valence-electron chi connectivity index (χ1n) is 4.86. The van der Waals surface area contributed by atoms with Crippen molar-refractivity contribution >= 4 is 5.97 Å². The number of ether oxygens (including phenoxy) is 1. The molecule has 1 atom stereocenters. The molecule has 94 valence electrons. The van der Waals surface area contributed by atoms with Gasteiger partial charge in [0.15, 0.2) is 6.10 Å². The van der Waals surface area contributed by atoms with E-state index in [1.165, 1.54) is 12.1 Å². The van der Waals surface area contributed by atoms with Crippen LogP contribution in [-0.4, -0.2) is 23.9 Å². The molecule has 1 N–H and O–H groups in total. The molecule has 1 unspecified atom stereocenters. The Balaban J connectivity index is 2.60. The summed E-state index contributed by atoms with van der Waals surface area (Å²) in [6.45, 7) is -0.671. The molecule has 0 radical (unpaired) electrons. The minimum atomic E-state index is -4.35. The Morgan fingerprint density at radius 1 is 1.29 bits per heavy atom. The van der Waals surface area contributed by atoms with Crippen molar-refractivity contribution in [1.82, 2.24) is 0 Å². The summed E-state index contributed by atoms with van der Waals surface area (Å²) in [7, 11) is 0. The Labute approximate surface area is 95.8 Å². The van der Waals surface area contributed by atoms with Gasteiger partial charge in [-0.15, -0.1) is 0 Å². The van der Waals surface area contributed by atoms with Crippen LogP contribution in [0.4, 0.5) is 13.2 Å². The van der Waals surface area contributed by atoms with Gasteiger partial charge in [0.1, 0.15) is 0 Å². The second-order valence-corrected chi connectivity index (χ2v) is 3.36. The van der Waals surface area contributed by atoms with Crippen molar-refractivity contribution in [2.75, 3.05) is 6.61 Å². The predicted octanol–water partition coefficient (Wildman–Crippen LogP) is 2.78. The normalized spacial score (nSPS) is 13.4. The number of benzene rings is 1. The van der Waals surface area contributed by atoms with Crippen LogP contribution in [0.1, 0.15) is 18.1 Å². The van der Waals surface area contributed by atoms with Crippen LogP contribution in [-0.2, 0) is 9.53 Å². The Morgan fingerprint density at radius 3 is 2.35 bits per heavy atom. The van der Waals surface area contributed by atoms with Gasteiger partial charge < -0.3 is 9.84 Å². The van der Waals surface area contributed by atoms with Crippen LogP contribution in [0.3, 0.4) is 0 Å². The molecule has 0 aliphatic heterocycles. The molecule has 0 aliphatic carbocycles. The average molecular weight is 248 g/mol. The van der Waals surface area contributed by atoms with E-state index in [4.69, 9.17) is 9.84 Å². The standard InChI is InChI=1S/C11H11F3O3/c12-11(13,14)6-7-17-9(10(15)16)8-4-2-1-3-5-8/h1-5,9H,6-7H2,(H,15,16). The zero-order chi connectivity index (χ0) is 12.9. The molecule has 0 spiro atoms. The molecule has 1 aromatic rings. The molecule has 0 saturated carbocycles. The minimum absolute atomic E-state index is 0.321. The van der Waals surface area contributed by atoms with Gasteiger partial charge in [-0.3, -0.25) is 0 Å².